The lowest BCUT2D eigenvalue weighted by atomic mass is 9.95. The van der Waals surface area contributed by atoms with Crippen LogP contribution in [0.5, 0.6) is 0 Å². The summed E-state index contributed by atoms with van der Waals surface area (Å²) in [7, 11) is 0. The zero-order valence-corrected chi connectivity index (χ0v) is 10.8. The van der Waals surface area contributed by atoms with Gasteiger partial charge >= 0.3 is 0 Å². The van der Waals surface area contributed by atoms with Crippen molar-refractivity contribution in [3.05, 3.63) is 35.9 Å². The van der Waals surface area contributed by atoms with Crippen molar-refractivity contribution in [2.75, 3.05) is 0 Å². The molecule has 2 rings (SSSR count). The molecule has 2 heteroatoms. The number of hydrogen-bond donors (Lipinski definition) is 0. The fraction of sp³-hybridized carbons (Fsp3) is 0.533. The van der Waals surface area contributed by atoms with Crippen molar-refractivity contribution in [3.8, 4) is 0 Å². The van der Waals surface area contributed by atoms with Crippen molar-refractivity contribution in [3.63, 3.8) is 0 Å². The van der Waals surface area contributed by atoms with Crippen molar-refractivity contribution >= 4 is 6.21 Å². The van der Waals surface area contributed by atoms with Gasteiger partial charge in [-0.05, 0) is 18.4 Å². The summed E-state index contributed by atoms with van der Waals surface area (Å²) in [5.74, 6) is 0.638. The molecule has 92 valence electrons. The first-order chi connectivity index (χ1) is 8.35. The molecule has 0 saturated heterocycles. The summed E-state index contributed by atoms with van der Waals surface area (Å²) in [6.45, 7) is 5.45. The highest BCUT2D eigenvalue weighted by atomic mass is 15.5. The fourth-order valence-corrected chi connectivity index (χ4v) is 2.54. The topological polar surface area (TPSA) is 15.6 Å². The lowest BCUT2D eigenvalue weighted by Gasteiger charge is -2.27. The zero-order chi connectivity index (χ0) is 12.1. The van der Waals surface area contributed by atoms with Crippen LogP contribution in [0.2, 0.25) is 0 Å². The Kier molecular flexibility index (Phi) is 4.18. The minimum absolute atomic E-state index is 0.602. The van der Waals surface area contributed by atoms with Gasteiger partial charge < -0.3 is 0 Å². The second-order valence-corrected chi connectivity index (χ2v) is 4.78. The largest absolute Gasteiger partial charge is 0.289 e. The molecule has 1 heterocycles. The highest BCUT2D eigenvalue weighted by Crippen LogP contribution is 2.25. The van der Waals surface area contributed by atoms with Gasteiger partial charge in [0.15, 0.2) is 0 Å². The Morgan fingerprint density at radius 2 is 1.94 bits per heavy atom. The molecule has 1 aromatic carbocycles. The molecule has 0 fully saturated rings. The van der Waals surface area contributed by atoms with Crippen LogP contribution in [0.25, 0.3) is 0 Å². The SMILES string of the molecule is CCCC1C(CC)C=NN1Cc1ccccc1. The van der Waals surface area contributed by atoms with E-state index in [1.807, 2.05) is 0 Å². The highest BCUT2D eigenvalue weighted by Gasteiger charge is 2.28. The molecule has 0 bridgehead atoms. The summed E-state index contributed by atoms with van der Waals surface area (Å²) in [4.78, 5) is 0. The van der Waals surface area contributed by atoms with E-state index in [1.165, 1.54) is 24.8 Å². The van der Waals surface area contributed by atoms with Crippen LogP contribution in [-0.2, 0) is 6.54 Å². The van der Waals surface area contributed by atoms with Gasteiger partial charge in [0.2, 0.25) is 0 Å². The molecule has 2 atom stereocenters. The van der Waals surface area contributed by atoms with Crippen molar-refractivity contribution in [2.24, 2.45) is 11.0 Å². The molecule has 2 nitrogen and oxygen atoms in total. The summed E-state index contributed by atoms with van der Waals surface area (Å²) in [6, 6.07) is 11.2. The van der Waals surface area contributed by atoms with Crippen molar-refractivity contribution < 1.29 is 0 Å². The fourth-order valence-electron chi connectivity index (χ4n) is 2.54. The summed E-state index contributed by atoms with van der Waals surface area (Å²) in [5, 5.41) is 6.86. The second kappa shape index (κ2) is 5.85. The number of hydrazone groups is 1. The maximum absolute atomic E-state index is 4.59. The van der Waals surface area contributed by atoms with E-state index in [2.05, 4.69) is 60.5 Å². The Labute approximate surface area is 104 Å². The summed E-state index contributed by atoms with van der Waals surface area (Å²) in [5.41, 5.74) is 1.35. The van der Waals surface area contributed by atoms with Crippen LogP contribution in [0, 0.1) is 5.92 Å². The Morgan fingerprint density at radius 3 is 2.59 bits per heavy atom. The Morgan fingerprint density at radius 1 is 1.18 bits per heavy atom. The number of benzene rings is 1. The van der Waals surface area contributed by atoms with Crippen molar-refractivity contribution in [1.29, 1.82) is 0 Å². The minimum atomic E-state index is 0.602. The van der Waals surface area contributed by atoms with E-state index in [9.17, 15) is 0 Å². The maximum atomic E-state index is 4.59. The standard InChI is InChI=1S/C15H22N2/c1-3-8-15-14(4-2)11-16-17(15)12-13-9-6-5-7-10-13/h5-7,9-11,14-15H,3-4,8,12H2,1-2H3. The maximum Gasteiger partial charge on any atom is 0.0614 e. The van der Waals surface area contributed by atoms with Gasteiger partial charge in [-0.25, -0.2) is 0 Å². The van der Waals surface area contributed by atoms with E-state index in [-0.39, 0.29) is 0 Å². The molecule has 0 saturated carbocycles. The van der Waals surface area contributed by atoms with Crippen LogP contribution < -0.4 is 0 Å². The lowest BCUT2D eigenvalue weighted by Crippen LogP contribution is -2.31. The van der Waals surface area contributed by atoms with Gasteiger partial charge in [-0.15, -0.1) is 0 Å². The van der Waals surface area contributed by atoms with Crippen LogP contribution in [-0.4, -0.2) is 17.3 Å². The Hall–Kier alpha value is -1.31. The second-order valence-electron chi connectivity index (χ2n) is 4.78. The molecule has 17 heavy (non-hydrogen) atoms. The van der Waals surface area contributed by atoms with Crippen LogP contribution in [0.15, 0.2) is 35.4 Å². The predicted octanol–water partition coefficient (Wildman–Crippen LogP) is 3.68. The average molecular weight is 230 g/mol. The Balaban J connectivity index is 2.03. The summed E-state index contributed by atoms with van der Waals surface area (Å²) in [6.07, 6.45) is 5.81. The van der Waals surface area contributed by atoms with E-state index in [0.717, 1.165) is 6.54 Å². The van der Waals surface area contributed by atoms with E-state index < -0.39 is 0 Å². The minimum Gasteiger partial charge on any atom is -0.289 e. The van der Waals surface area contributed by atoms with E-state index >= 15 is 0 Å². The third-order valence-electron chi connectivity index (χ3n) is 3.53. The van der Waals surface area contributed by atoms with Gasteiger partial charge in [0.25, 0.3) is 0 Å². The molecule has 2 unspecified atom stereocenters. The van der Waals surface area contributed by atoms with Crippen molar-refractivity contribution in [1.82, 2.24) is 5.01 Å². The molecule has 0 aromatic heterocycles. The predicted molar refractivity (Wildman–Crippen MR) is 73.0 cm³/mol. The smallest absolute Gasteiger partial charge is 0.0614 e. The monoisotopic (exact) mass is 230 g/mol. The molecule has 0 radical (unpaired) electrons. The average Bonchev–Trinajstić information content (AvgIpc) is 2.74. The van der Waals surface area contributed by atoms with Gasteiger partial charge in [0.05, 0.1) is 12.6 Å². The molecular formula is C15H22N2. The van der Waals surface area contributed by atoms with Crippen molar-refractivity contribution in [2.45, 2.75) is 45.7 Å². The first kappa shape index (κ1) is 12.2. The number of hydrogen-bond acceptors (Lipinski definition) is 2. The third kappa shape index (κ3) is 2.87. The van der Waals surface area contributed by atoms with Crippen LogP contribution in [0.1, 0.15) is 38.7 Å². The zero-order valence-electron chi connectivity index (χ0n) is 10.8. The molecule has 0 spiro atoms. The molecule has 1 aliphatic heterocycles. The highest BCUT2D eigenvalue weighted by molar-refractivity contribution is 5.63. The Bertz CT molecular complexity index is 358. The number of rotatable bonds is 5. The molecule has 0 N–H and O–H groups in total. The molecule has 1 aliphatic rings. The molecule has 1 aromatic rings. The first-order valence-corrected chi connectivity index (χ1v) is 6.69. The normalized spacial score (nSPS) is 23.3. The third-order valence-corrected chi connectivity index (χ3v) is 3.53. The van der Waals surface area contributed by atoms with Gasteiger partial charge in [-0.1, -0.05) is 50.6 Å². The molecule has 0 amide bonds. The summed E-state index contributed by atoms with van der Waals surface area (Å²) >= 11 is 0. The van der Waals surface area contributed by atoms with Gasteiger partial charge in [-0.3, -0.25) is 5.01 Å². The molecule has 0 aliphatic carbocycles. The van der Waals surface area contributed by atoms with Gasteiger partial charge in [0.1, 0.15) is 0 Å². The van der Waals surface area contributed by atoms with E-state index in [4.69, 9.17) is 0 Å². The van der Waals surface area contributed by atoms with Gasteiger partial charge in [-0.2, -0.15) is 5.10 Å². The van der Waals surface area contributed by atoms with Crippen LogP contribution >= 0.6 is 0 Å². The van der Waals surface area contributed by atoms with Crippen LogP contribution in [0.4, 0.5) is 0 Å². The quantitative estimate of drug-likeness (QED) is 0.753. The number of nitrogens with zero attached hydrogens (tertiary/aromatic N) is 2. The lowest BCUT2D eigenvalue weighted by molar-refractivity contribution is 0.179. The van der Waals surface area contributed by atoms with Gasteiger partial charge in [0, 0.05) is 12.1 Å². The first-order valence-electron chi connectivity index (χ1n) is 6.69. The molecular weight excluding hydrogens is 208 g/mol. The van der Waals surface area contributed by atoms with E-state index in [0.29, 0.717) is 12.0 Å². The van der Waals surface area contributed by atoms with Crippen LogP contribution in [0.3, 0.4) is 0 Å². The van der Waals surface area contributed by atoms with E-state index in [1.54, 1.807) is 0 Å². The summed E-state index contributed by atoms with van der Waals surface area (Å²) < 4.78 is 0.